The lowest BCUT2D eigenvalue weighted by molar-refractivity contribution is 0.0497. The van der Waals surface area contributed by atoms with Gasteiger partial charge in [0, 0.05) is 38.0 Å². The molecule has 1 aliphatic heterocycles. The fourth-order valence-corrected chi connectivity index (χ4v) is 3.26. The van der Waals surface area contributed by atoms with Gasteiger partial charge in [-0.1, -0.05) is 19.4 Å². The van der Waals surface area contributed by atoms with Crippen molar-refractivity contribution in [2.24, 2.45) is 4.99 Å². The summed E-state index contributed by atoms with van der Waals surface area (Å²) in [4.78, 5) is 11.7. The second-order valence-electron chi connectivity index (χ2n) is 7.38. The summed E-state index contributed by atoms with van der Waals surface area (Å²) < 4.78 is 11.1. The van der Waals surface area contributed by atoms with Crippen LogP contribution in [0.3, 0.4) is 0 Å². The topological polar surface area (TPSA) is 71.0 Å². The summed E-state index contributed by atoms with van der Waals surface area (Å²) in [5.41, 5.74) is 1.07. The van der Waals surface area contributed by atoms with Crippen LogP contribution in [0.2, 0.25) is 0 Å². The second kappa shape index (κ2) is 14.2. The lowest BCUT2D eigenvalue weighted by atomic mass is 10.1. The number of piperidine rings is 1. The van der Waals surface area contributed by atoms with Crippen LogP contribution in [-0.2, 0) is 9.47 Å². The first kappa shape index (κ1) is 23.4. The molecule has 0 radical (unpaired) electrons. The van der Waals surface area contributed by atoms with Crippen molar-refractivity contribution < 1.29 is 9.47 Å². The zero-order valence-electron chi connectivity index (χ0n) is 18.5. The first-order chi connectivity index (χ1) is 14.2. The molecule has 1 fully saturated rings. The third kappa shape index (κ3) is 9.45. The van der Waals surface area contributed by atoms with Gasteiger partial charge in [-0.2, -0.15) is 0 Å². The number of rotatable bonds is 12. The van der Waals surface area contributed by atoms with Crippen molar-refractivity contribution in [2.75, 3.05) is 57.5 Å². The lowest BCUT2D eigenvalue weighted by Gasteiger charge is -2.34. The van der Waals surface area contributed by atoms with Crippen LogP contribution < -0.4 is 15.5 Å². The van der Waals surface area contributed by atoms with Gasteiger partial charge in [0.1, 0.15) is 5.82 Å². The van der Waals surface area contributed by atoms with E-state index in [2.05, 4.69) is 51.5 Å². The number of hydrogen-bond donors (Lipinski definition) is 2. The minimum atomic E-state index is 0.432. The number of aliphatic imine (C=N–C) groups is 1. The SMILES string of the molecule is CCCCOCCOCCN=C(NCC)NC1CCN(c2cccc(C)n2)CC1. The van der Waals surface area contributed by atoms with E-state index in [1.54, 1.807) is 0 Å². The van der Waals surface area contributed by atoms with Gasteiger partial charge in [0.05, 0.1) is 26.4 Å². The van der Waals surface area contributed by atoms with Crippen molar-refractivity contribution in [3.8, 4) is 0 Å². The highest BCUT2D eigenvalue weighted by molar-refractivity contribution is 5.80. The minimum Gasteiger partial charge on any atom is -0.379 e. The molecule has 0 aliphatic carbocycles. The van der Waals surface area contributed by atoms with Gasteiger partial charge >= 0.3 is 0 Å². The molecule has 0 atom stereocenters. The van der Waals surface area contributed by atoms with Crippen LogP contribution in [0, 0.1) is 6.92 Å². The van der Waals surface area contributed by atoms with Crippen LogP contribution in [-0.4, -0.2) is 69.6 Å². The Kier molecular flexibility index (Phi) is 11.4. The Balaban J connectivity index is 1.66. The summed E-state index contributed by atoms with van der Waals surface area (Å²) in [6.45, 7) is 12.6. The van der Waals surface area contributed by atoms with Crippen molar-refractivity contribution in [3.05, 3.63) is 23.9 Å². The van der Waals surface area contributed by atoms with E-state index in [0.717, 1.165) is 69.4 Å². The smallest absolute Gasteiger partial charge is 0.191 e. The van der Waals surface area contributed by atoms with Gasteiger partial charge in [-0.05, 0) is 45.2 Å². The van der Waals surface area contributed by atoms with Gasteiger partial charge in [0.2, 0.25) is 0 Å². The zero-order valence-corrected chi connectivity index (χ0v) is 18.5. The fraction of sp³-hybridized carbons (Fsp3) is 0.727. The van der Waals surface area contributed by atoms with Gasteiger partial charge in [0.25, 0.3) is 0 Å². The average molecular weight is 406 g/mol. The number of anilines is 1. The van der Waals surface area contributed by atoms with Crippen LogP contribution in [0.1, 0.15) is 45.2 Å². The van der Waals surface area contributed by atoms with E-state index in [-0.39, 0.29) is 0 Å². The number of nitrogens with zero attached hydrogens (tertiary/aromatic N) is 3. The summed E-state index contributed by atoms with van der Waals surface area (Å²) in [6.07, 6.45) is 4.43. The molecule has 0 spiro atoms. The van der Waals surface area contributed by atoms with Crippen molar-refractivity contribution in [1.29, 1.82) is 0 Å². The lowest BCUT2D eigenvalue weighted by Crippen LogP contribution is -2.49. The fourth-order valence-electron chi connectivity index (χ4n) is 3.26. The Bertz CT molecular complexity index is 588. The van der Waals surface area contributed by atoms with Crippen molar-refractivity contribution in [2.45, 2.75) is 52.5 Å². The highest BCUT2D eigenvalue weighted by Gasteiger charge is 2.20. The highest BCUT2D eigenvalue weighted by atomic mass is 16.5. The van der Waals surface area contributed by atoms with Gasteiger partial charge in [-0.3, -0.25) is 4.99 Å². The molecule has 0 unspecified atom stereocenters. The van der Waals surface area contributed by atoms with Gasteiger partial charge < -0.3 is 25.0 Å². The van der Waals surface area contributed by atoms with Crippen LogP contribution >= 0.6 is 0 Å². The number of hydrogen-bond acceptors (Lipinski definition) is 5. The average Bonchev–Trinajstić information content (AvgIpc) is 2.73. The number of pyridine rings is 1. The van der Waals surface area contributed by atoms with Gasteiger partial charge in [0.15, 0.2) is 5.96 Å². The van der Waals surface area contributed by atoms with Gasteiger partial charge in [-0.15, -0.1) is 0 Å². The Morgan fingerprint density at radius 3 is 2.59 bits per heavy atom. The van der Waals surface area contributed by atoms with Crippen molar-refractivity contribution in [3.63, 3.8) is 0 Å². The predicted octanol–water partition coefficient (Wildman–Crippen LogP) is 2.75. The van der Waals surface area contributed by atoms with E-state index in [1.165, 1.54) is 0 Å². The van der Waals surface area contributed by atoms with Crippen molar-refractivity contribution >= 4 is 11.8 Å². The van der Waals surface area contributed by atoms with Gasteiger partial charge in [-0.25, -0.2) is 4.98 Å². The number of unbranched alkanes of at least 4 members (excludes halogenated alkanes) is 1. The third-order valence-electron chi connectivity index (χ3n) is 4.90. The monoisotopic (exact) mass is 405 g/mol. The van der Waals surface area contributed by atoms with Crippen LogP contribution in [0.4, 0.5) is 5.82 Å². The summed E-state index contributed by atoms with van der Waals surface area (Å²) in [6, 6.07) is 6.65. The molecule has 0 saturated carbocycles. The second-order valence-corrected chi connectivity index (χ2v) is 7.38. The molecule has 29 heavy (non-hydrogen) atoms. The Morgan fingerprint density at radius 1 is 1.14 bits per heavy atom. The molecule has 1 saturated heterocycles. The molecular weight excluding hydrogens is 366 g/mol. The van der Waals surface area contributed by atoms with Crippen LogP contribution in [0.15, 0.2) is 23.2 Å². The van der Waals surface area contributed by atoms with E-state index in [1.807, 2.05) is 13.0 Å². The maximum Gasteiger partial charge on any atom is 0.191 e. The van der Waals surface area contributed by atoms with Crippen LogP contribution in [0.5, 0.6) is 0 Å². The molecule has 7 nitrogen and oxygen atoms in total. The van der Waals surface area contributed by atoms with Crippen LogP contribution in [0.25, 0.3) is 0 Å². The number of nitrogens with one attached hydrogen (secondary N) is 2. The number of guanidine groups is 1. The summed E-state index contributed by atoms with van der Waals surface area (Å²) in [7, 11) is 0. The molecular formula is C22H39N5O2. The molecule has 164 valence electrons. The van der Waals surface area contributed by atoms with Crippen molar-refractivity contribution in [1.82, 2.24) is 15.6 Å². The van der Waals surface area contributed by atoms with E-state index >= 15 is 0 Å². The predicted molar refractivity (Wildman–Crippen MR) is 120 cm³/mol. The minimum absolute atomic E-state index is 0.432. The largest absolute Gasteiger partial charge is 0.379 e. The molecule has 1 aliphatic rings. The van der Waals surface area contributed by atoms with E-state index in [9.17, 15) is 0 Å². The number of ether oxygens (including phenoxy) is 2. The quantitative estimate of drug-likeness (QED) is 0.317. The molecule has 2 rings (SSSR count). The molecule has 1 aromatic rings. The molecule has 0 bridgehead atoms. The Morgan fingerprint density at radius 2 is 1.90 bits per heavy atom. The molecule has 0 amide bonds. The number of aromatic nitrogens is 1. The first-order valence-electron chi connectivity index (χ1n) is 11.1. The Hall–Kier alpha value is -1.86. The summed E-state index contributed by atoms with van der Waals surface area (Å²) in [5.74, 6) is 1.96. The van der Waals surface area contributed by atoms with E-state index < -0.39 is 0 Å². The van der Waals surface area contributed by atoms with E-state index in [4.69, 9.17) is 9.47 Å². The standard InChI is InChI=1S/C22H39N5O2/c1-4-6-15-28-17-18-29-16-12-24-22(23-5-2)26-20-10-13-27(14-11-20)21-9-7-8-19(3)25-21/h7-9,20H,4-6,10-18H2,1-3H3,(H2,23,24,26). The maximum atomic E-state index is 5.60. The molecule has 7 heteroatoms. The molecule has 2 heterocycles. The normalized spacial score (nSPS) is 15.6. The summed E-state index contributed by atoms with van der Waals surface area (Å²) >= 11 is 0. The zero-order chi connectivity index (χ0) is 20.7. The first-order valence-corrected chi connectivity index (χ1v) is 11.1. The number of aryl methyl sites for hydroxylation is 1. The Labute approximate surface area is 176 Å². The summed E-state index contributed by atoms with van der Waals surface area (Å²) in [5, 5.41) is 6.92. The maximum absolute atomic E-state index is 5.60. The molecule has 0 aromatic carbocycles. The van der Waals surface area contributed by atoms with E-state index in [0.29, 0.717) is 32.4 Å². The molecule has 1 aromatic heterocycles. The highest BCUT2D eigenvalue weighted by Crippen LogP contribution is 2.18. The molecule has 2 N–H and O–H groups in total. The third-order valence-corrected chi connectivity index (χ3v) is 4.90.